The van der Waals surface area contributed by atoms with Crippen molar-refractivity contribution in [3.63, 3.8) is 0 Å². The number of rotatable bonds is 6. The molecule has 0 saturated carbocycles. The van der Waals surface area contributed by atoms with Crippen molar-refractivity contribution in [2.24, 2.45) is 5.73 Å². The number of benzene rings is 2. The molecule has 0 fully saturated rings. The van der Waals surface area contributed by atoms with Crippen molar-refractivity contribution in [3.05, 3.63) is 60.2 Å². The van der Waals surface area contributed by atoms with E-state index in [-0.39, 0.29) is 18.4 Å². The summed E-state index contributed by atoms with van der Waals surface area (Å²) in [5.74, 6) is 1.70. The first kappa shape index (κ1) is 16.5. The molecule has 2 N–H and O–H groups in total. The molecule has 0 aliphatic heterocycles. The van der Waals surface area contributed by atoms with E-state index in [9.17, 15) is 0 Å². The third kappa shape index (κ3) is 4.87. The fraction of sp³-hybridized carbons (Fsp3) is 0.294. The molecule has 1 atom stereocenters. The van der Waals surface area contributed by atoms with Crippen LogP contribution in [0.25, 0.3) is 0 Å². The topological polar surface area (TPSA) is 35.2 Å². The van der Waals surface area contributed by atoms with Crippen molar-refractivity contribution in [2.45, 2.75) is 32.2 Å². The SMILES string of the molecule is CCCC[C@@H](N)c1ccc(Oc2ccccc2)cc1.Cl. The molecule has 0 unspecified atom stereocenters. The van der Waals surface area contributed by atoms with Gasteiger partial charge in [0.2, 0.25) is 0 Å². The van der Waals surface area contributed by atoms with E-state index < -0.39 is 0 Å². The molecule has 108 valence electrons. The Morgan fingerprint density at radius 2 is 1.55 bits per heavy atom. The average Bonchev–Trinajstić information content (AvgIpc) is 2.46. The van der Waals surface area contributed by atoms with Crippen LogP contribution in [-0.4, -0.2) is 0 Å². The molecule has 0 saturated heterocycles. The molecule has 2 rings (SSSR count). The molecule has 0 spiro atoms. The maximum Gasteiger partial charge on any atom is 0.127 e. The van der Waals surface area contributed by atoms with E-state index in [1.54, 1.807) is 0 Å². The minimum Gasteiger partial charge on any atom is -0.457 e. The van der Waals surface area contributed by atoms with Gasteiger partial charge in [-0.05, 0) is 36.2 Å². The largest absolute Gasteiger partial charge is 0.457 e. The summed E-state index contributed by atoms with van der Waals surface area (Å²) >= 11 is 0. The second-order valence-corrected chi connectivity index (χ2v) is 4.73. The zero-order valence-electron chi connectivity index (χ0n) is 11.8. The van der Waals surface area contributed by atoms with Gasteiger partial charge >= 0.3 is 0 Å². The summed E-state index contributed by atoms with van der Waals surface area (Å²) in [5, 5.41) is 0. The first-order valence-corrected chi connectivity index (χ1v) is 6.88. The first-order valence-electron chi connectivity index (χ1n) is 6.88. The van der Waals surface area contributed by atoms with Gasteiger partial charge in [0.1, 0.15) is 11.5 Å². The molecule has 0 heterocycles. The molecule has 0 aliphatic carbocycles. The van der Waals surface area contributed by atoms with Gasteiger partial charge < -0.3 is 10.5 Å². The third-order valence-electron chi connectivity index (χ3n) is 3.16. The number of hydrogen-bond donors (Lipinski definition) is 1. The zero-order valence-corrected chi connectivity index (χ0v) is 12.6. The van der Waals surface area contributed by atoms with E-state index >= 15 is 0 Å². The highest BCUT2D eigenvalue weighted by atomic mass is 35.5. The van der Waals surface area contributed by atoms with E-state index in [1.165, 1.54) is 18.4 Å². The van der Waals surface area contributed by atoms with E-state index in [2.05, 4.69) is 19.1 Å². The van der Waals surface area contributed by atoms with E-state index in [4.69, 9.17) is 10.5 Å². The predicted molar refractivity (Wildman–Crippen MR) is 86.7 cm³/mol. The van der Waals surface area contributed by atoms with Crippen molar-refractivity contribution >= 4 is 12.4 Å². The van der Waals surface area contributed by atoms with Gasteiger partial charge in [0.15, 0.2) is 0 Å². The van der Waals surface area contributed by atoms with Crippen LogP contribution in [0.1, 0.15) is 37.8 Å². The zero-order chi connectivity index (χ0) is 13.5. The summed E-state index contributed by atoms with van der Waals surface area (Å²) in [7, 11) is 0. The van der Waals surface area contributed by atoms with Gasteiger partial charge in [-0.3, -0.25) is 0 Å². The fourth-order valence-corrected chi connectivity index (χ4v) is 2.00. The quantitative estimate of drug-likeness (QED) is 0.804. The van der Waals surface area contributed by atoms with Crippen LogP contribution in [0.4, 0.5) is 0 Å². The van der Waals surface area contributed by atoms with Crippen LogP contribution in [-0.2, 0) is 0 Å². The number of halogens is 1. The van der Waals surface area contributed by atoms with E-state index in [1.807, 2.05) is 42.5 Å². The Morgan fingerprint density at radius 1 is 0.950 bits per heavy atom. The standard InChI is InChI=1S/C17H21NO.ClH/c1-2-3-9-17(18)14-10-12-16(13-11-14)19-15-7-5-4-6-8-15;/h4-8,10-13,17H,2-3,9,18H2,1H3;1H/t17-;/m1./s1. The minimum absolute atomic E-state index is 0. The highest BCUT2D eigenvalue weighted by molar-refractivity contribution is 5.85. The number of unbranched alkanes of at least 4 members (excludes halogenated alkanes) is 1. The number of nitrogens with two attached hydrogens (primary N) is 1. The Labute approximate surface area is 127 Å². The maximum absolute atomic E-state index is 6.14. The monoisotopic (exact) mass is 291 g/mol. The molecule has 0 radical (unpaired) electrons. The molecule has 0 aliphatic rings. The summed E-state index contributed by atoms with van der Waals surface area (Å²) in [5.41, 5.74) is 7.32. The Balaban J connectivity index is 0.00000200. The fourth-order valence-electron chi connectivity index (χ4n) is 2.00. The normalized spacial score (nSPS) is 11.5. The highest BCUT2D eigenvalue weighted by Gasteiger charge is 2.05. The second kappa shape index (κ2) is 8.62. The van der Waals surface area contributed by atoms with Gasteiger partial charge in [-0.1, -0.05) is 50.1 Å². The summed E-state index contributed by atoms with van der Waals surface area (Å²) < 4.78 is 5.75. The molecule has 0 aromatic heterocycles. The van der Waals surface area contributed by atoms with E-state index in [0.29, 0.717) is 0 Å². The molecule has 2 aromatic carbocycles. The van der Waals surface area contributed by atoms with Crippen molar-refractivity contribution in [1.82, 2.24) is 0 Å². The molecule has 2 nitrogen and oxygen atoms in total. The van der Waals surface area contributed by atoms with Crippen molar-refractivity contribution < 1.29 is 4.74 Å². The number of para-hydroxylation sites is 1. The van der Waals surface area contributed by atoms with Gasteiger partial charge in [-0.2, -0.15) is 0 Å². The number of hydrogen-bond acceptors (Lipinski definition) is 2. The highest BCUT2D eigenvalue weighted by Crippen LogP contribution is 2.24. The molecule has 0 amide bonds. The average molecular weight is 292 g/mol. The summed E-state index contributed by atoms with van der Waals surface area (Å²) in [6, 6.07) is 18.0. The lowest BCUT2D eigenvalue weighted by molar-refractivity contribution is 0.482. The van der Waals surface area contributed by atoms with Crippen LogP contribution in [0.15, 0.2) is 54.6 Å². The minimum atomic E-state index is 0. The summed E-state index contributed by atoms with van der Waals surface area (Å²) in [6.07, 6.45) is 3.39. The molecule has 3 heteroatoms. The van der Waals surface area contributed by atoms with Crippen molar-refractivity contribution in [2.75, 3.05) is 0 Å². The van der Waals surface area contributed by atoms with Crippen LogP contribution < -0.4 is 10.5 Å². The lowest BCUT2D eigenvalue weighted by Crippen LogP contribution is -2.09. The van der Waals surface area contributed by atoms with Gasteiger partial charge in [-0.15, -0.1) is 12.4 Å². The van der Waals surface area contributed by atoms with Crippen LogP contribution in [0.2, 0.25) is 0 Å². The van der Waals surface area contributed by atoms with Gasteiger partial charge in [0.25, 0.3) is 0 Å². The summed E-state index contributed by atoms with van der Waals surface area (Å²) in [6.45, 7) is 2.18. The maximum atomic E-state index is 6.14. The Hall–Kier alpha value is -1.51. The molecule has 0 bridgehead atoms. The number of ether oxygens (including phenoxy) is 1. The molecular weight excluding hydrogens is 270 g/mol. The first-order chi connectivity index (χ1) is 9.29. The smallest absolute Gasteiger partial charge is 0.127 e. The van der Waals surface area contributed by atoms with Crippen LogP contribution >= 0.6 is 12.4 Å². The molecular formula is C17H22ClNO. The van der Waals surface area contributed by atoms with Gasteiger partial charge in [-0.25, -0.2) is 0 Å². The van der Waals surface area contributed by atoms with Crippen LogP contribution in [0.3, 0.4) is 0 Å². The van der Waals surface area contributed by atoms with E-state index in [0.717, 1.165) is 17.9 Å². The Bertz CT molecular complexity index is 484. The Kier molecular flexibility index (Phi) is 7.13. The van der Waals surface area contributed by atoms with Gasteiger partial charge in [0.05, 0.1) is 0 Å². The lowest BCUT2D eigenvalue weighted by Gasteiger charge is -2.12. The van der Waals surface area contributed by atoms with Crippen LogP contribution in [0, 0.1) is 0 Å². The predicted octanol–water partition coefficient (Wildman–Crippen LogP) is 5.09. The third-order valence-corrected chi connectivity index (χ3v) is 3.16. The molecule has 20 heavy (non-hydrogen) atoms. The molecule has 2 aromatic rings. The van der Waals surface area contributed by atoms with Crippen molar-refractivity contribution in [3.8, 4) is 11.5 Å². The van der Waals surface area contributed by atoms with Gasteiger partial charge in [0, 0.05) is 6.04 Å². The van der Waals surface area contributed by atoms with Crippen LogP contribution in [0.5, 0.6) is 11.5 Å². The van der Waals surface area contributed by atoms with Crippen molar-refractivity contribution in [1.29, 1.82) is 0 Å². The lowest BCUT2D eigenvalue weighted by atomic mass is 10.0. The summed E-state index contributed by atoms with van der Waals surface area (Å²) in [4.78, 5) is 0. The Morgan fingerprint density at radius 3 is 2.15 bits per heavy atom. The second-order valence-electron chi connectivity index (χ2n) is 4.73.